The lowest BCUT2D eigenvalue weighted by Gasteiger charge is -2.47. The number of aromatic hydroxyl groups is 1. The second kappa shape index (κ2) is 12.8. The molecule has 0 bridgehead atoms. The maximum Gasteiger partial charge on any atom is 0.406 e. The van der Waals surface area contributed by atoms with Crippen molar-refractivity contribution < 1.29 is 27.8 Å². The summed E-state index contributed by atoms with van der Waals surface area (Å²) >= 11 is 0. The quantitative estimate of drug-likeness (QED) is 0.222. The Hall–Kier alpha value is -3.88. The molecule has 11 heteroatoms. The number of morpholine rings is 1. The molecule has 4 N–H and O–H groups in total. The van der Waals surface area contributed by atoms with Gasteiger partial charge < -0.3 is 30.4 Å². The Morgan fingerprint density at radius 2 is 1.86 bits per heavy atom. The highest BCUT2D eigenvalue weighted by Gasteiger charge is 2.37. The second-order valence-electron chi connectivity index (χ2n) is 11.5. The molecule has 2 aromatic carbocycles. The summed E-state index contributed by atoms with van der Waals surface area (Å²) in [7, 11) is 1.50. The first-order valence-corrected chi connectivity index (χ1v) is 14.6. The number of carbonyl (C=O) groups is 1. The van der Waals surface area contributed by atoms with Gasteiger partial charge in [0.2, 0.25) is 0 Å². The SMILES string of the molecule is CNC(=O)c1ccc(NCC#Cc2cc3c(NC4CCC(C)(N5CCOCC5)CC4)cccc3n2CC(F)(F)F)c(O)c1. The molecule has 1 aromatic heterocycles. The van der Waals surface area contributed by atoms with Gasteiger partial charge in [0.05, 0.1) is 36.7 Å². The van der Waals surface area contributed by atoms with Crippen LogP contribution in [0.2, 0.25) is 0 Å². The first kappa shape index (κ1) is 30.6. The fraction of sp³-hybridized carbons (Fsp3) is 0.469. The lowest BCUT2D eigenvalue weighted by Crippen LogP contribution is -2.54. The number of hydrogen-bond acceptors (Lipinski definition) is 6. The second-order valence-corrected chi connectivity index (χ2v) is 11.5. The van der Waals surface area contributed by atoms with Gasteiger partial charge in [-0.1, -0.05) is 12.0 Å². The standard InChI is InChI=1S/C32H38F3N5O3/c1-31(39-15-17-43-18-16-39)12-10-23(11-13-31)38-26-6-3-7-28-25(26)20-24(40(28)21-32(33,34)35)5-4-14-37-27-9-8-22(19-29(27)41)30(42)36-2/h3,6-9,19-20,23,37-38,41H,10-18,21H2,1-2H3,(H,36,42). The number of aromatic nitrogens is 1. The smallest absolute Gasteiger partial charge is 0.406 e. The molecule has 2 heterocycles. The van der Waals surface area contributed by atoms with Crippen molar-refractivity contribution in [1.82, 2.24) is 14.8 Å². The fourth-order valence-electron chi connectivity index (χ4n) is 6.13. The molecule has 0 atom stereocenters. The number of phenolic OH excluding ortho intramolecular Hbond substituents is 1. The summed E-state index contributed by atoms with van der Waals surface area (Å²) in [5, 5.41) is 20.0. The molecule has 1 amide bonds. The number of alkyl halides is 3. The number of nitrogens with one attached hydrogen (secondary N) is 3. The Bertz CT molecular complexity index is 1510. The predicted molar refractivity (Wildman–Crippen MR) is 162 cm³/mol. The van der Waals surface area contributed by atoms with E-state index in [-0.39, 0.29) is 35.5 Å². The van der Waals surface area contributed by atoms with E-state index in [0.29, 0.717) is 22.2 Å². The third-order valence-corrected chi connectivity index (χ3v) is 8.55. The van der Waals surface area contributed by atoms with E-state index in [1.165, 1.54) is 17.7 Å². The van der Waals surface area contributed by atoms with Gasteiger partial charge in [-0.3, -0.25) is 9.69 Å². The summed E-state index contributed by atoms with van der Waals surface area (Å²) in [6.45, 7) is 4.69. The van der Waals surface area contributed by atoms with Crippen molar-refractivity contribution >= 4 is 28.2 Å². The van der Waals surface area contributed by atoms with E-state index in [9.17, 15) is 23.1 Å². The molecular formula is C32H38F3N5O3. The van der Waals surface area contributed by atoms with E-state index in [0.717, 1.165) is 57.7 Å². The first-order valence-electron chi connectivity index (χ1n) is 14.6. The summed E-state index contributed by atoms with van der Waals surface area (Å²) in [6.07, 6.45) is -0.381. The average molecular weight is 598 g/mol. The summed E-state index contributed by atoms with van der Waals surface area (Å²) in [5.74, 6) is 5.32. The van der Waals surface area contributed by atoms with Crippen molar-refractivity contribution in [3.63, 3.8) is 0 Å². The molecule has 1 saturated carbocycles. The van der Waals surface area contributed by atoms with Crippen LogP contribution in [-0.4, -0.2) is 78.1 Å². The van der Waals surface area contributed by atoms with Gasteiger partial charge in [0.1, 0.15) is 12.3 Å². The van der Waals surface area contributed by atoms with Crippen molar-refractivity contribution in [2.24, 2.45) is 0 Å². The average Bonchev–Trinajstić information content (AvgIpc) is 3.33. The highest BCUT2D eigenvalue weighted by atomic mass is 19.4. The van der Waals surface area contributed by atoms with Crippen LogP contribution in [0, 0.1) is 11.8 Å². The van der Waals surface area contributed by atoms with E-state index in [1.807, 2.05) is 6.07 Å². The van der Waals surface area contributed by atoms with Crippen LogP contribution in [0.15, 0.2) is 42.5 Å². The van der Waals surface area contributed by atoms with Gasteiger partial charge in [0, 0.05) is 48.4 Å². The molecule has 0 radical (unpaired) electrons. The number of rotatable bonds is 7. The van der Waals surface area contributed by atoms with Crippen LogP contribution in [0.3, 0.4) is 0 Å². The van der Waals surface area contributed by atoms with Crippen LogP contribution in [0.4, 0.5) is 24.5 Å². The third-order valence-electron chi connectivity index (χ3n) is 8.55. The zero-order valence-corrected chi connectivity index (χ0v) is 24.5. The van der Waals surface area contributed by atoms with Gasteiger partial charge >= 0.3 is 6.18 Å². The van der Waals surface area contributed by atoms with Gasteiger partial charge in [-0.2, -0.15) is 13.2 Å². The van der Waals surface area contributed by atoms with Gasteiger partial charge in [-0.05, 0) is 74.9 Å². The molecule has 1 aliphatic carbocycles. The molecule has 230 valence electrons. The number of phenols is 1. The number of amides is 1. The maximum absolute atomic E-state index is 13.6. The lowest BCUT2D eigenvalue weighted by atomic mass is 9.79. The number of anilines is 2. The molecule has 0 unspecified atom stereocenters. The molecule has 5 rings (SSSR count). The molecule has 1 aliphatic heterocycles. The van der Waals surface area contributed by atoms with Crippen LogP contribution in [-0.2, 0) is 11.3 Å². The van der Waals surface area contributed by atoms with Crippen molar-refractivity contribution in [2.75, 3.05) is 50.5 Å². The topological polar surface area (TPSA) is 90.8 Å². The van der Waals surface area contributed by atoms with E-state index in [1.54, 1.807) is 30.3 Å². The third kappa shape index (κ3) is 7.20. The highest BCUT2D eigenvalue weighted by Crippen LogP contribution is 2.37. The molecule has 2 fully saturated rings. The van der Waals surface area contributed by atoms with Crippen molar-refractivity contribution in [1.29, 1.82) is 0 Å². The Balaban J connectivity index is 1.32. The normalized spacial score (nSPS) is 21.2. The minimum atomic E-state index is -4.42. The van der Waals surface area contributed by atoms with E-state index in [4.69, 9.17) is 4.74 Å². The predicted octanol–water partition coefficient (Wildman–Crippen LogP) is 5.18. The summed E-state index contributed by atoms with van der Waals surface area (Å²) in [5.41, 5.74) is 2.34. The number of fused-ring (bicyclic) bond motifs is 1. The molecule has 0 spiro atoms. The Morgan fingerprint density at radius 3 is 2.53 bits per heavy atom. The van der Waals surface area contributed by atoms with Crippen molar-refractivity contribution in [3.05, 3.63) is 53.7 Å². The maximum atomic E-state index is 13.6. The monoisotopic (exact) mass is 597 g/mol. The largest absolute Gasteiger partial charge is 0.506 e. The molecular weight excluding hydrogens is 559 g/mol. The van der Waals surface area contributed by atoms with Crippen molar-refractivity contribution in [3.8, 4) is 17.6 Å². The highest BCUT2D eigenvalue weighted by molar-refractivity contribution is 5.95. The fourth-order valence-corrected chi connectivity index (χ4v) is 6.13. The minimum Gasteiger partial charge on any atom is -0.506 e. The summed E-state index contributed by atoms with van der Waals surface area (Å²) in [6, 6.07) is 11.8. The molecule has 3 aromatic rings. The number of ether oxygens (including phenoxy) is 1. The van der Waals surface area contributed by atoms with Crippen LogP contribution >= 0.6 is 0 Å². The number of nitrogens with zero attached hydrogens (tertiary/aromatic N) is 2. The van der Waals surface area contributed by atoms with Crippen molar-refractivity contribution in [2.45, 2.75) is 56.9 Å². The number of hydrogen-bond donors (Lipinski definition) is 4. The number of benzene rings is 2. The Kier molecular flexibility index (Phi) is 9.08. The van der Waals surface area contributed by atoms with Gasteiger partial charge in [-0.25, -0.2) is 0 Å². The molecule has 2 aliphatic rings. The number of carbonyl (C=O) groups excluding carboxylic acids is 1. The lowest BCUT2D eigenvalue weighted by molar-refractivity contribution is -0.140. The summed E-state index contributed by atoms with van der Waals surface area (Å²) in [4.78, 5) is 14.3. The van der Waals surface area contributed by atoms with E-state index < -0.39 is 12.7 Å². The van der Waals surface area contributed by atoms with Gasteiger partial charge in [0.15, 0.2) is 0 Å². The Morgan fingerprint density at radius 1 is 1.12 bits per heavy atom. The summed E-state index contributed by atoms with van der Waals surface area (Å²) < 4.78 is 47.6. The van der Waals surface area contributed by atoms with Crippen LogP contribution < -0.4 is 16.0 Å². The van der Waals surface area contributed by atoms with E-state index in [2.05, 4.69) is 39.6 Å². The Labute approximate surface area is 249 Å². The van der Waals surface area contributed by atoms with Gasteiger partial charge in [-0.15, -0.1) is 0 Å². The van der Waals surface area contributed by atoms with Gasteiger partial charge in [0.25, 0.3) is 5.91 Å². The first-order chi connectivity index (χ1) is 20.6. The molecule has 8 nitrogen and oxygen atoms in total. The van der Waals surface area contributed by atoms with Crippen LogP contribution in [0.1, 0.15) is 48.7 Å². The zero-order chi connectivity index (χ0) is 30.6. The van der Waals surface area contributed by atoms with Crippen LogP contribution in [0.5, 0.6) is 5.75 Å². The number of halogens is 3. The molecule has 43 heavy (non-hydrogen) atoms. The van der Waals surface area contributed by atoms with Crippen LogP contribution in [0.25, 0.3) is 10.9 Å². The van der Waals surface area contributed by atoms with E-state index >= 15 is 0 Å². The molecule has 1 saturated heterocycles. The zero-order valence-electron chi connectivity index (χ0n) is 24.5. The minimum absolute atomic E-state index is 0.0789.